The van der Waals surface area contributed by atoms with E-state index in [2.05, 4.69) is 84.1 Å². The van der Waals surface area contributed by atoms with Crippen LogP contribution >= 0.6 is 8.58 Å². The molecule has 2 nitrogen and oxygen atoms in total. The van der Waals surface area contributed by atoms with E-state index >= 15 is 0 Å². The first-order valence-corrected chi connectivity index (χ1v) is 10.0. The minimum absolute atomic E-state index is 0.0664. The molecule has 0 aromatic heterocycles. The molecule has 2 N–H and O–H groups in total. The molecule has 25 heavy (non-hydrogen) atoms. The molecule has 0 fully saturated rings. The summed E-state index contributed by atoms with van der Waals surface area (Å²) in [6, 6.07) is 11.2. The number of hydrogen-bond acceptors (Lipinski definition) is 2. The molecule has 0 saturated heterocycles. The Balaban J connectivity index is 2.45. The van der Waals surface area contributed by atoms with Crippen LogP contribution in [0, 0.1) is 13.8 Å². The van der Waals surface area contributed by atoms with Gasteiger partial charge in [0.25, 0.3) is 0 Å². The van der Waals surface area contributed by atoms with Crippen molar-refractivity contribution in [2.45, 2.75) is 66.5 Å². The zero-order chi connectivity index (χ0) is 18.8. The minimum atomic E-state index is -0.0664. The molecule has 3 heteroatoms. The lowest BCUT2D eigenvalue weighted by atomic mass is 9.85. The van der Waals surface area contributed by atoms with Gasteiger partial charge in [-0.1, -0.05) is 67.5 Å². The number of phenolic OH excluding ortho intramolecular Hbond substituents is 1. The van der Waals surface area contributed by atoms with Crippen LogP contribution in [-0.4, -0.2) is 11.1 Å². The molecule has 0 aliphatic heterocycles. The zero-order valence-corrected chi connectivity index (χ0v) is 17.6. The predicted molar refractivity (Wildman–Crippen MR) is 112 cm³/mol. The normalized spacial score (nSPS) is 12.5. The van der Waals surface area contributed by atoms with E-state index < -0.39 is 0 Å². The Labute approximate surface area is 154 Å². The summed E-state index contributed by atoms with van der Waals surface area (Å²) in [5.41, 5.74) is 4.79. The van der Waals surface area contributed by atoms with Crippen LogP contribution in [0.5, 0.6) is 5.75 Å². The molecule has 136 valence electrons. The van der Waals surface area contributed by atoms with E-state index in [4.69, 9.17) is 0 Å². The molecule has 0 aliphatic rings. The fraction of sp³-hybridized carbons (Fsp3) is 0.455. The number of nitrogens with one attached hydrogen (secondary N) is 1. The van der Waals surface area contributed by atoms with Gasteiger partial charge in [-0.3, -0.25) is 0 Å². The van der Waals surface area contributed by atoms with E-state index in [0.29, 0.717) is 20.4 Å². The van der Waals surface area contributed by atoms with Crippen LogP contribution < -0.4 is 15.9 Å². The summed E-state index contributed by atoms with van der Waals surface area (Å²) in [6.45, 7) is 15.9. The first kappa shape index (κ1) is 19.9. The maximum Gasteiger partial charge on any atom is 0.127 e. The van der Waals surface area contributed by atoms with Gasteiger partial charge in [-0.15, -0.1) is 0 Å². The number of phenols is 1. The van der Waals surface area contributed by atoms with Crippen LogP contribution in [0.3, 0.4) is 0 Å². The molecule has 0 saturated carbocycles. The highest BCUT2D eigenvalue weighted by Crippen LogP contribution is 2.33. The average molecular weight is 357 g/mol. The summed E-state index contributed by atoms with van der Waals surface area (Å²) in [7, 11) is 0.459. The zero-order valence-electron chi connectivity index (χ0n) is 16.6. The number of rotatable bonds is 5. The van der Waals surface area contributed by atoms with Gasteiger partial charge in [-0.25, -0.2) is 0 Å². The second kappa shape index (κ2) is 7.89. The number of benzene rings is 2. The molecule has 0 amide bonds. The quantitative estimate of drug-likeness (QED) is 0.776. The van der Waals surface area contributed by atoms with Crippen molar-refractivity contribution in [1.82, 2.24) is 5.32 Å². The van der Waals surface area contributed by atoms with E-state index in [9.17, 15) is 5.11 Å². The molecule has 2 aromatic carbocycles. The van der Waals surface area contributed by atoms with Crippen molar-refractivity contribution in [3.8, 4) is 5.75 Å². The Bertz CT molecular complexity index is 744. The lowest BCUT2D eigenvalue weighted by Crippen LogP contribution is -2.25. The first-order chi connectivity index (χ1) is 11.6. The van der Waals surface area contributed by atoms with Gasteiger partial charge in [0.2, 0.25) is 0 Å². The van der Waals surface area contributed by atoms with Gasteiger partial charge in [0.05, 0.1) is 0 Å². The maximum absolute atomic E-state index is 10.9. The second-order valence-electron chi connectivity index (χ2n) is 8.23. The largest absolute Gasteiger partial charge is 0.507 e. The Morgan fingerprint density at radius 3 is 2.40 bits per heavy atom. The van der Waals surface area contributed by atoms with Crippen molar-refractivity contribution < 1.29 is 5.11 Å². The highest BCUT2D eigenvalue weighted by Gasteiger charge is 2.21. The minimum Gasteiger partial charge on any atom is -0.507 e. The Hall–Kier alpha value is -1.37. The van der Waals surface area contributed by atoms with E-state index in [1.54, 1.807) is 0 Å². The molecule has 2 rings (SSSR count). The van der Waals surface area contributed by atoms with Gasteiger partial charge in [0.1, 0.15) is 5.75 Å². The Morgan fingerprint density at radius 2 is 1.80 bits per heavy atom. The number of hydrogen-bond donors (Lipinski definition) is 2. The third-order valence-corrected chi connectivity index (χ3v) is 6.00. The van der Waals surface area contributed by atoms with Gasteiger partial charge in [0.15, 0.2) is 0 Å². The van der Waals surface area contributed by atoms with Crippen molar-refractivity contribution in [3.63, 3.8) is 0 Å². The third kappa shape index (κ3) is 5.06. The van der Waals surface area contributed by atoms with Gasteiger partial charge >= 0.3 is 0 Å². The van der Waals surface area contributed by atoms with Gasteiger partial charge < -0.3 is 10.4 Å². The van der Waals surface area contributed by atoms with Crippen LogP contribution in [0.25, 0.3) is 0 Å². The molecule has 0 bridgehead atoms. The van der Waals surface area contributed by atoms with E-state index in [1.165, 1.54) is 22.0 Å². The predicted octanol–water partition coefficient (Wildman–Crippen LogP) is 4.43. The highest BCUT2D eigenvalue weighted by molar-refractivity contribution is 7.56. The number of aromatic hydroxyl groups is 1. The van der Waals surface area contributed by atoms with Crippen LogP contribution in [0.2, 0.25) is 0 Å². The Morgan fingerprint density at radius 1 is 1.12 bits per heavy atom. The molecular weight excluding hydrogens is 325 g/mol. The Kier molecular flexibility index (Phi) is 6.30. The van der Waals surface area contributed by atoms with Crippen LogP contribution in [0.1, 0.15) is 56.9 Å². The lowest BCUT2D eigenvalue weighted by molar-refractivity contribution is 0.450. The lowest BCUT2D eigenvalue weighted by Gasteiger charge is -2.23. The van der Waals surface area contributed by atoms with Crippen LogP contribution in [0.15, 0.2) is 30.3 Å². The topological polar surface area (TPSA) is 32.3 Å². The molecule has 0 spiro atoms. The van der Waals surface area contributed by atoms with E-state index in [0.717, 1.165) is 17.4 Å². The SMILES string of the molecule is Cc1cc(Pc2c(C)cccc2CNC(C)C)c(O)c(C(C)(C)C)c1. The average Bonchev–Trinajstić information content (AvgIpc) is 2.49. The molecule has 0 aliphatic carbocycles. The molecule has 1 atom stereocenters. The first-order valence-electron chi connectivity index (χ1n) is 9.02. The van der Waals surface area contributed by atoms with Crippen molar-refractivity contribution in [1.29, 1.82) is 0 Å². The van der Waals surface area contributed by atoms with Crippen LogP contribution in [0.4, 0.5) is 0 Å². The van der Waals surface area contributed by atoms with Crippen molar-refractivity contribution in [2.24, 2.45) is 0 Å². The van der Waals surface area contributed by atoms with E-state index in [1.807, 2.05) is 0 Å². The molecule has 0 heterocycles. The van der Waals surface area contributed by atoms with Crippen molar-refractivity contribution >= 4 is 19.2 Å². The maximum atomic E-state index is 10.9. The van der Waals surface area contributed by atoms with Crippen molar-refractivity contribution in [2.75, 3.05) is 0 Å². The standard InChI is InChI=1S/C22H32NOP/c1-14(2)23-13-17-10-8-9-16(4)21(17)25-19-12-15(3)11-18(20(19)24)22(5,6)7/h8-12,14,23-25H,13H2,1-7H3. The molecular formula is C22H32NOP. The molecule has 1 unspecified atom stereocenters. The molecule has 2 aromatic rings. The smallest absolute Gasteiger partial charge is 0.127 e. The van der Waals surface area contributed by atoms with Crippen molar-refractivity contribution in [3.05, 3.63) is 52.6 Å². The third-order valence-electron chi connectivity index (χ3n) is 4.38. The van der Waals surface area contributed by atoms with Gasteiger partial charge in [-0.05, 0) is 47.3 Å². The summed E-state index contributed by atoms with van der Waals surface area (Å²) in [5.74, 6) is 0.461. The summed E-state index contributed by atoms with van der Waals surface area (Å²) in [4.78, 5) is 0. The summed E-state index contributed by atoms with van der Waals surface area (Å²) in [6.07, 6.45) is 0. The van der Waals surface area contributed by atoms with E-state index in [-0.39, 0.29) is 5.41 Å². The second-order valence-corrected chi connectivity index (χ2v) is 9.52. The summed E-state index contributed by atoms with van der Waals surface area (Å²) < 4.78 is 0. The fourth-order valence-electron chi connectivity index (χ4n) is 2.95. The highest BCUT2D eigenvalue weighted by atomic mass is 31.1. The number of aryl methyl sites for hydroxylation is 2. The fourth-order valence-corrected chi connectivity index (χ4v) is 4.38. The van der Waals surface area contributed by atoms with Gasteiger partial charge in [0, 0.05) is 23.5 Å². The summed E-state index contributed by atoms with van der Waals surface area (Å²) >= 11 is 0. The van der Waals surface area contributed by atoms with Crippen LogP contribution in [-0.2, 0) is 12.0 Å². The van der Waals surface area contributed by atoms with Gasteiger partial charge in [-0.2, -0.15) is 0 Å². The monoisotopic (exact) mass is 357 g/mol. The summed E-state index contributed by atoms with van der Waals surface area (Å²) in [5, 5.41) is 16.8. The molecule has 0 radical (unpaired) electrons.